The second-order valence-corrected chi connectivity index (χ2v) is 10.2. The molecule has 1 heterocycles. The number of ether oxygens (including phenoxy) is 2. The van der Waals surface area contributed by atoms with E-state index in [0.29, 0.717) is 46.2 Å². The number of aliphatic carboxylic acids is 1. The minimum Gasteiger partial charge on any atom is -0.493 e. The predicted molar refractivity (Wildman–Crippen MR) is 149 cm³/mol. The Morgan fingerprint density at radius 3 is 2.46 bits per heavy atom. The highest BCUT2D eigenvalue weighted by Gasteiger charge is 2.18. The van der Waals surface area contributed by atoms with Crippen LogP contribution in [0.2, 0.25) is 5.02 Å². The van der Waals surface area contributed by atoms with E-state index in [2.05, 4.69) is 26.1 Å². The smallest absolute Gasteiger partial charge is 0.342 e. The van der Waals surface area contributed by atoms with Gasteiger partial charge < -0.3 is 19.1 Å². The van der Waals surface area contributed by atoms with E-state index in [1.165, 1.54) is 0 Å². The number of methoxy groups -OCH3 is 1. The van der Waals surface area contributed by atoms with Gasteiger partial charge in [0.2, 0.25) is 0 Å². The van der Waals surface area contributed by atoms with Crippen molar-refractivity contribution in [3.05, 3.63) is 92.3 Å². The highest BCUT2D eigenvalue weighted by molar-refractivity contribution is 9.10. The van der Waals surface area contributed by atoms with Crippen LogP contribution in [0.5, 0.6) is 11.5 Å². The molecule has 0 radical (unpaired) electrons. The van der Waals surface area contributed by atoms with Gasteiger partial charge in [-0.2, -0.15) is 0 Å². The molecule has 0 amide bonds. The largest absolute Gasteiger partial charge is 0.493 e. The lowest BCUT2D eigenvalue weighted by Gasteiger charge is -2.12. The first kappa shape index (κ1) is 26.8. The Balaban J connectivity index is 1.56. The lowest BCUT2D eigenvalue weighted by Crippen LogP contribution is -2.03. The maximum Gasteiger partial charge on any atom is 0.342 e. The molecular formula is C27H23BrClN3O4S. The maximum atomic E-state index is 12.1. The summed E-state index contributed by atoms with van der Waals surface area (Å²) in [4.78, 5) is 12.2. The molecule has 0 fully saturated rings. The Hall–Kier alpha value is -3.27. The van der Waals surface area contributed by atoms with E-state index in [1.807, 2.05) is 47.9 Å². The molecule has 0 saturated carbocycles. The number of carboxylic acids is 1. The Bertz CT molecular complexity index is 1420. The van der Waals surface area contributed by atoms with Crippen molar-refractivity contribution in [1.82, 2.24) is 14.8 Å². The number of carboxylic acid groups (broad SMARTS) is 1. The summed E-state index contributed by atoms with van der Waals surface area (Å²) in [6.07, 6.45) is 1.57. The molecule has 10 heteroatoms. The molecule has 0 unspecified atom stereocenters. The van der Waals surface area contributed by atoms with Crippen LogP contribution in [0.15, 0.2) is 81.3 Å². The molecular weight excluding hydrogens is 578 g/mol. The van der Waals surface area contributed by atoms with Gasteiger partial charge >= 0.3 is 5.97 Å². The molecule has 0 spiro atoms. The lowest BCUT2D eigenvalue weighted by molar-refractivity contribution is -0.131. The fourth-order valence-corrected chi connectivity index (χ4v) is 4.76. The Kier molecular flexibility index (Phi) is 8.91. The van der Waals surface area contributed by atoms with Crippen molar-refractivity contribution in [2.24, 2.45) is 0 Å². The Morgan fingerprint density at radius 2 is 1.81 bits per heavy atom. The average Bonchev–Trinajstić information content (AvgIpc) is 3.31. The molecule has 37 heavy (non-hydrogen) atoms. The fraction of sp³-hybridized carbons (Fsp3) is 0.148. The number of halogens is 2. The molecule has 3 aromatic carbocycles. The molecule has 0 saturated heterocycles. The van der Waals surface area contributed by atoms with Gasteiger partial charge in [0, 0.05) is 21.6 Å². The minimum atomic E-state index is -1.07. The molecule has 7 nitrogen and oxygen atoms in total. The van der Waals surface area contributed by atoms with Crippen LogP contribution in [0.1, 0.15) is 18.1 Å². The quantitative estimate of drug-likeness (QED) is 0.152. The predicted octanol–water partition coefficient (Wildman–Crippen LogP) is 7.19. The van der Waals surface area contributed by atoms with Gasteiger partial charge in [0.1, 0.15) is 11.5 Å². The van der Waals surface area contributed by atoms with Crippen molar-refractivity contribution >= 4 is 51.3 Å². The number of rotatable bonds is 10. The van der Waals surface area contributed by atoms with Crippen molar-refractivity contribution in [3.8, 4) is 22.9 Å². The number of thioether (sulfide) groups is 1. The van der Waals surface area contributed by atoms with Crippen LogP contribution in [-0.2, 0) is 17.9 Å². The van der Waals surface area contributed by atoms with E-state index in [9.17, 15) is 9.90 Å². The molecule has 0 aliphatic carbocycles. The van der Waals surface area contributed by atoms with E-state index in [4.69, 9.17) is 21.1 Å². The highest BCUT2D eigenvalue weighted by Crippen LogP contribution is 2.33. The third-order valence-electron chi connectivity index (χ3n) is 5.34. The molecule has 0 atom stereocenters. The van der Waals surface area contributed by atoms with Gasteiger partial charge in [-0.05, 0) is 84.4 Å². The van der Waals surface area contributed by atoms with E-state index in [0.717, 1.165) is 27.4 Å². The van der Waals surface area contributed by atoms with E-state index in [1.54, 1.807) is 43.5 Å². The zero-order chi connectivity index (χ0) is 26.4. The van der Waals surface area contributed by atoms with Gasteiger partial charge in [0.25, 0.3) is 0 Å². The number of benzene rings is 3. The van der Waals surface area contributed by atoms with Crippen molar-refractivity contribution < 1.29 is 19.4 Å². The monoisotopic (exact) mass is 599 g/mol. The summed E-state index contributed by atoms with van der Waals surface area (Å²) in [5.41, 5.74) is 2.50. The highest BCUT2D eigenvalue weighted by atomic mass is 79.9. The summed E-state index contributed by atoms with van der Waals surface area (Å²) in [5.74, 6) is 0.631. The summed E-state index contributed by atoms with van der Waals surface area (Å²) < 4.78 is 14.3. The Morgan fingerprint density at radius 1 is 1.08 bits per heavy atom. The minimum absolute atomic E-state index is 0.0929. The second-order valence-electron chi connectivity index (χ2n) is 7.80. The van der Waals surface area contributed by atoms with Crippen LogP contribution in [-0.4, -0.2) is 33.0 Å². The first-order valence-corrected chi connectivity index (χ1v) is 13.2. The van der Waals surface area contributed by atoms with E-state index in [-0.39, 0.29) is 4.91 Å². The molecule has 1 aromatic heterocycles. The molecule has 190 valence electrons. The van der Waals surface area contributed by atoms with Gasteiger partial charge in [-0.25, -0.2) is 4.79 Å². The van der Waals surface area contributed by atoms with Crippen molar-refractivity contribution in [1.29, 1.82) is 0 Å². The van der Waals surface area contributed by atoms with E-state index < -0.39 is 5.97 Å². The van der Waals surface area contributed by atoms with Crippen LogP contribution in [0.3, 0.4) is 0 Å². The molecule has 1 N–H and O–H groups in total. The first-order chi connectivity index (χ1) is 17.9. The SMILES string of the molecule is CCn1c(S/C(=C\c2ccc(OCc3ccc(Br)cc3)c(OC)c2)C(=O)O)nnc1-c1ccc(Cl)cc1. The summed E-state index contributed by atoms with van der Waals surface area (Å²) in [6, 6.07) is 20.4. The third-order valence-corrected chi connectivity index (χ3v) is 7.12. The van der Waals surface area contributed by atoms with Crippen LogP contribution in [0.4, 0.5) is 0 Å². The molecule has 0 aliphatic heterocycles. The van der Waals surface area contributed by atoms with Gasteiger partial charge in [-0.3, -0.25) is 0 Å². The molecule has 0 bridgehead atoms. The molecule has 4 rings (SSSR count). The number of hydrogen-bond acceptors (Lipinski definition) is 6. The number of hydrogen-bond donors (Lipinski definition) is 1. The standard InChI is InChI=1S/C27H23BrClN3O4S/c1-3-32-25(19-7-11-21(29)12-8-19)30-31-27(32)37-24(26(33)34)15-18-6-13-22(23(14-18)35-2)36-16-17-4-9-20(28)10-5-17/h4-15H,3,16H2,1-2H3,(H,33,34)/b24-15-. The first-order valence-electron chi connectivity index (χ1n) is 11.2. The third kappa shape index (κ3) is 6.74. The average molecular weight is 601 g/mol. The van der Waals surface area contributed by atoms with Crippen molar-refractivity contribution in [2.45, 2.75) is 25.2 Å². The zero-order valence-electron chi connectivity index (χ0n) is 20.0. The number of carbonyl (C=O) groups is 1. The van der Waals surface area contributed by atoms with E-state index >= 15 is 0 Å². The summed E-state index contributed by atoms with van der Waals surface area (Å²) >= 11 is 10.5. The van der Waals surface area contributed by atoms with Crippen molar-refractivity contribution in [3.63, 3.8) is 0 Å². The maximum absolute atomic E-state index is 12.1. The van der Waals surface area contributed by atoms with Crippen LogP contribution >= 0.6 is 39.3 Å². The normalized spacial score (nSPS) is 11.4. The second kappa shape index (κ2) is 12.3. The van der Waals surface area contributed by atoms with Gasteiger partial charge in [0.05, 0.1) is 7.11 Å². The van der Waals surface area contributed by atoms with Crippen LogP contribution in [0.25, 0.3) is 17.5 Å². The fourth-order valence-electron chi connectivity index (χ4n) is 3.48. The summed E-state index contributed by atoms with van der Waals surface area (Å²) in [7, 11) is 1.55. The van der Waals surface area contributed by atoms with Gasteiger partial charge in [0.15, 0.2) is 22.5 Å². The molecule has 0 aliphatic rings. The number of aromatic nitrogens is 3. The summed E-state index contributed by atoms with van der Waals surface area (Å²) in [5, 5.41) is 19.5. The van der Waals surface area contributed by atoms with Crippen LogP contribution < -0.4 is 9.47 Å². The molecule has 4 aromatic rings. The van der Waals surface area contributed by atoms with Crippen LogP contribution in [0, 0.1) is 0 Å². The van der Waals surface area contributed by atoms with Gasteiger partial charge in [-0.15, -0.1) is 10.2 Å². The Labute approximate surface area is 232 Å². The van der Waals surface area contributed by atoms with Crippen molar-refractivity contribution in [2.75, 3.05) is 7.11 Å². The number of nitrogens with zero attached hydrogens (tertiary/aromatic N) is 3. The topological polar surface area (TPSA) is 86.5 Å². The lowest BCUT2D eigenvalue weighted by atomic mass is 10.2. The zero-order valence-corrected chi connectivity index (χ0v) is 23.2. The summed E-state index contributed by atoms with van der Waals surface area (Å²) in [6.45, 7) is 2.89. The van der Waals surface area contributed by atoms with Gasteiger partial charge in [-0.1, -0.05) is 45.7 Å².